The van der Waals surface area contributed by atoms with Gasteiger partial charge >= 0.3 is 0 Å². The molecule has 1 aliphatic rings. The predicted octanol–water partition coefficient (Wildman–Crippen LogP) is 3.56. The summed E-state index contributed by atoms with van der Waals surface area (Å²) in [7, 11) is 2.00. The molecule has 1 aromatic carbocycles. The van der Waals surface area contributed by atoms with Gasteiger partial charge in [0.05, 0.1) is 5.75 Å². The second-order valence-electron chi connectivity index (χ2n) is 5.28. The number of hydrogen-bond acceptors (Lipinski definition) is 5. The van der Waals surface area contributed by atoms with E-state index in [-0.39, 0.29) is 0 Å². The topological polar surface area (TPSA) is 51.0 Å². The van der Waals surface area contributed by atoms with Crippen LogP contribution in [0.4, 0.5) is 0 Å². The van der Waals surface area contributed by atoms with Crippen molar-refractivity contribution in [1.82, 2.24) is 15.5 Å². The van der Waals surface area contributed by atoms with Gasteiger partial charge in [0.1, 0.15) is 0 Å². The van der Waals surface area contributed by atoms with Crippen LogP contribution in [0, 0.1) is 5.92 Å². The third kappa shape index (κ3) is 4.22. The van der Waals surface area contributed by atoms with Crippen LogP contribution in [-0.2, 0) is 12.2 Å². The number of halogens is 1. The van der Waals surface area contributed by atoms with Gasteiger partial charge in [0, 0.05) is 22.4 Å². The van der Waals surface area contributed by atoms with Crippen LogP contribution in [-0.4, -0.2) is 23.2 Å². The summed E-state index contributed by atoms with van der Waals surface area (Å²) in [5.41, 5.74) is 0. The van der Waals surface area contributed by atoms with E-state index in [2.05, 4.69) is 15.5 Å². The summed E-state index contributed by atoms with van der Waals surface area (Å²) in [6, 6.07) is 8.23. The minimum Gasteiger partial charge on any atom is -0.339 e. The zero-order valence-corrected chi connectivity index (χ0v) is 13.5. The lowest BCUT2D eigenvalue weighted by atomic mass is 10.1. The maximum absolute atomic E-state index is 5.87. The third-order valence-electron chi connectivity index (χ3n) is 3.65. The van der Waals surface area contributed by atoms with Gasteiger partial charge in [-0.3, -0.25) is 0 Å². The van der Waals surface area contributed by atoms with Crippen LogP contribution < -0.4 is 5.32 Å². The van der Waals surface area contributed by atoms with Gasteiger partial charge in [-0.1, -0.05) is 16.8 Å². The number of thioether (sulfide) groups is 1. The first-order chi connectivity index (χ1) is 10.2. The SMILES string of the molecule is CNC(Cc1nc(CSc2ccc(Cl)cc2)no1)C1CC1. The highest BCUT2D eigenvalue weighted by molar-refractivity contribution is 7.98. The van der Waals surface area contributed by atoms with Crippen molar-refractivity contribution in [2.24, 2.45) is 5.92 Å². The summed E-state index contributed by atoms with van der Waals surface area (Å²) in [4.78, 5) is 5.63. The smallest absolute Gasteiger partial charge is 0.228 e. The minimum absolute atomic E-state index is 0.460. The highest BCUT2D eigenvalue weighted by Crippen LogP contribution is 2.33. The summed E-state index contributed by atoms with van der Waals surface area (Å²) in [6.45, 7) is 0. The average Bonchev–Trinajstić information content (AvgIpc) is 3.24. The first kappa shape index (κ1) is 14.9. The molecule has 0 amide bonds. The van der Waals surface area contributed by atoms with Crippen molar-refractivity contribution in [2.45, 2.75) is 36.0 Å². The Morgan fingerprint density at radius 2 is 2.14 bits per heavy atom. The van der Waals surface area contributed by atoms with Gasteiger partial charge in [0.15, 0.2) is 5.82 Å². The molecule has 1 aliphatic carbocycles. The molecule has 1 atom stereocenters. The molecule has 1 fully saturated rings. The maximum Gasteiger partial charge on any atom is 0.228 e. The second-order valence-corrected chi connectivity index (χ2v) is 6.77. The Hall–Kier alpha value is -1.04. The van der Waals surface area contributed by atoms with E-state index in [1.807, 2.05) is 31.3 Å². The Balaban J connectivity index is 1.53. The van der Waals surface area contributed by atoms with E-state index in [1.165, 1.54) is 12.8 Å². The van der Waals surface area contributed by atoms with Crippen LogP contribution in [0.3, 0.4) is 0 Å². The summed E-state index contributed by atoms with van der Waals surface area (Å²) in [5.74, 6) is 2.95. The van der Waals surface area contributed by atoms with Crippen LogP contribution in [0.1, 0.15) is 24.6 Å². The standard InChI is InChI=1S/C15H18ClN3OS/c1-17-13(10-2-3-10)8-15-18-14(19-20-15)9-21-12-6-4-11(16)5-7-12/h4-7,10,13,17H,2-3,8-9H2,1H3. The molecule has 21 heavy (non-hydrogen) atoms. The molecule has 4 nitrogen and oxygen atoms in total. The van der Waals surface area contributed by atoms with Crippen molar-refractivity contribution in [2.75, 3.05) is 7.05 Å². The van der Waals surface area contributed by atoms with Crippen LogP contribution in [0.5, 0.6) is 0 Å². The maximum atomic E-state index is 5.87. The molecule has 0 saturated heterocycles. The highest BCUT2D eigenvalue weighted by atomic mass is 35.5. The van der Waals surface area contributed by atoms with Crippen LogP contribution in [0.2, 0.25) is 5.02 Å². The number of hydrogen-bond donors (Lipinski definition) is 1. The normalized spacial score (nSPS) is 16.1. The molecular formula is C15H18ClN3OS. The quantitative estimate of drug-likeness (QED) is 0.790. The number of rotatable bonds is 7. The highest BCUT2D eigenvalue weighted by Gasteiger charge is 2.31. The van der Waals surface area contributed by atoms with Crippen LogP contribution in [0.25, 0.3) is 0 Å². The molecule has 0 aliphatic heterocycles. The van der Waals surface area contributed by atoms with Gasteiger partial charge in [0.2, 0.25) is 5.89 Å². The van der Waals surface area contributed by atoms with Gasteiger partial charge in [-0.15, -0.1) is 11.8 Å². The van der Waals surface area contributed by atoms with Crippen LogP contribution in [0.15, 0.2) is 33.7 Å². The molecule has 1 N–H and O–H groups in total. The van der Waals surface area contributed by atoms with Crippen molar-refractivity contribution in [3.05, 3.63) is 41.0 Å². The summed E-state index contributed by atoms with van der Waals surface area (Å²) in [5, 5.41) is 8.14. The van der Waals surface area contributed by atoms with Gasteiger partial charge in [-0.05, 0) is 50.1 Å². The number of benzene rings is 1. The summed E-state index contributed by atoms with van der Waals surface area (Å²) >= 11 is 7.55. The molecule has 1 saturated carbocycles. The molecule has 1 aromatic heterocycles. The van der Waals surface area contributed by atoms with E-state index >= 15 is 0 Å². The molecule has 0 bridgehead atoms. The van der Waals surface area contributed by atoms with Gasteiger partial charge in [0.25, 0.3) is 0 Å². The van der Waals surface area contributed by atoms with Gasteiger partial charge < -0.3 is 9.84 Å². The Labute approximate surface area is 133 Å². The van der Waals surface area contributed by atoms with E-state index < -0.39 is 0 Å². The van der Waals surface area contributed by atoms with Crippen molar-refractivity contribution < 1.29 is 4.52 Å². The Morgan fingerprint density at radius 3 is 2.81 bits per heavy atom. The molecule has 2 aromatic rings. The molecule has 0 radical (unpaired) electrons. The second kappa shape index (κ2) is 6.81. The van der Waals surface area contributed by atoms with Crippen molar-refractivity contribution >= 4 is 23.4 Å². The largest absolute Gasteiger partial charge is 0.339 e. The third-order valence-corrected chi connectivity index (χ3v) is 4.91. The lowest BCUT2D eigenvalue weighted by Gasteiger charge is -2.11. The fourth-order valence-electron chi connectivity index (χ4n) is 2.30. The van der Waals surface area contributed by atoms with E-state index in [9.17, 15) is 0 Å². The van der Waals surface area contributed by atoms with E-state index in [4.69, 9.17) is 16.1 Å². The number of nitrogens with one attached hydrogen (secondary N) is 1. The molecule has 112 valence electrons. The van der Waals surface area contributed by atoms with Gasteiger partial charge in [-0.25, -0.2) is 0 Å². The molecule has 0 spiro atoms. The van der Waals surface area contributed by atoms with E-state index in [1.54, 1.807) is 11.8 Å². The van der Waals surface area contributed by atoms with E-state index in [0.29, 0.717) is 11.8 Å². The molecular weight excluding hydrogens is 306 g/mol. The van der Waals surface area contributed by atoms with Crippen molar-refractivity contribution in [3.8, 4) is 0 Å². The summed E-state index contributed by atoms with van der Waals surface area (Å²) in [6.07, 6.45) is 3.43. The monoisotopic (exact) mass is 323 g/mol. The van der Waals surface area contributed by atoms with Crippen molar-refractivity contribution in [3.63, 3.8) is 0 Å². The zero-order valence-electron chi connectivity index (χ0n) is 11.9. The predicted molar refractivity (Wildman–Crippen MR) is 84.6 cm³/mol. The molecule has 3 rings (SSSR count). The average molecular weight is 324 g/mol. The Morgan fingerprint density at radius 1 is 1.38 bits per heavy atom. The number of aromatic nitrogens is 2. The van der Waals surface area contributed by atoms with Crippen molar-refractivity contribution in [1.29, 1.82) is 0 Å². The Kier molecular flexibility index (Phi) is 4.83. The summed E-state index contributed by atoms with van der Waals surface area (Å²) < 4.78 is 5.35. The van der Waals surface area contributed by atoms with Crippen LogP contribution >= 0.6 is 23.4 Å². The molecule has 6 heteroatoms. The number of likely N-dealkylation sites (N-methyl/N-ethyl adjacent to an activating group) is 1. The lowest BCUT2D eigenvalue weighted by Crippen LogP contribution is -2.29. The lowest BCUT2D eigenvalue weighted by molar-refractivity contribution is 0.349. The first-order valence-electron chi connectivity index (χ1n) is 7.11. The zero-order chi connectivity index (χ0) is 14.7. The fourth-order valence-corrected chi connectivity index (χ4v) is 3.17. The molecule has 1 heterocycles. The van der Waals surface area contributed by atoms with E-state index in [0.717, 1.165) is 34.0 Å². The minimum atomic E-state index is 0.460. The fraction of sp³-hybridized carbons (Fsp3) is 0.467. The number of nitrogens with zero attached hydrogens (tertiary/aromatic N) is 2. The van der Waals surface area contributed by atoms with Gasteiger partial charge in [-0.2, -0.15) is 4.98 Å². The Bertz CT molecular complexity index is 583. The molecule has 1 unspecified atom stereocenters. The first-order valence-corrected chi connectivity index (χ1v) is 8.48.